The van der Waals surface area contributed by atoms with Gasteiger partial charge in [0.25, 0.3) is 0 Å². The Balaban J connectivity index is 1.55. The topological polar surface area (TPSA) is 58.2 Å². The quantitative estimate of drug-likeness (QED) is 0.853. The number of rotatable bonds is 1. The first-order chi connectivity index (χ1) is 11.4. The number of pyridine rings is 1. The second kappa shape index (κ2) is 5.50. The van der Waals surface area contributed by atoms with Crippen LogP contribution < -0.4 is 0 Å². The van der Waals surface area contributed by atoms with E-state index in [1.807, 2.05) is 37.9 Å². The van der Waals surface area contributed by atoms with E-state index in [9.17, 15) is 4.79 Å². The number of aromatic amines is 1. The molecule has 2 atom stereocenters. The summed E-state index contributed by atoms with van der Waals surface area (Å²) >= 11 is 0. The van der Waals surface area contributed by atoms with E-state index >= 15 is 0 Å². The molecule has 2 aromatic rings. The van der Waals surface area contributed by atoms with Gasteiger partial charge in [-0.2, -0.15) is 0 Å². The number of nitrogens with one attached hydrogen (secondary N) is 1. The van der Waals surface area contributed by atoms with E-state index in [1.54, 1.807) is 0 Å². The molecule has 128 valence electrons. The van der Waals surface area contributed by atoms with Gasteiger partial charge in [0.05, 0.1) is 0 Å². The van der Waals surface area contributed by atoms with Gasteiger partial charge in [-0.15, -0.1) is 0 Å². The highest BCUT2D eigenvalue weighted by atomic mass is 16.6. The molecule has 2 aliphatic rings. The Hall–Kier alpha value is -2.04. The zero-order valence-corrected chi connectivity index (χ0v) is 14.6. The smallest absolute Gasteiger partial charge is 0.410 e. The molecule has 5 heteroatoms. The molecule has 24 heavy (non-hydrogen) atoms. The van der Waals surface area contributed by atoms with Crippen LogP contribution in [0.2, 0.25) is 0 Å². The Bertz CT molecular complexity index is 747. The molecule has 0 aromatic carbocycles. The molecule has 2 saturated heterocycles. The molecule has 2 fully saturated rings. The number of fused-ring (bicyclic) bond motifs is 3. The number of aromatic nitrogens is 2. The number of ether oxygens (including phenoxy) is 1. The Kier molecular flexibility index (Phi) is 3.55. The van der Waals surface area contributed by atoms with Crippen LogP contribution in [-0.2, 0) is 4.74 Å². The molecule has 4 heterocycles. The van der Waals surface area contributed by atoms with Crippen molar-refractivity contribution in [3.8, 4) is 0 Å². The van der Waals surface area contributed by atoms with Gasteiger partial charge in [0, 0.05) is 29.9 Å². The Morgan fingerprint density at radius 3 is 2.67 bits per heavy atom. The lowest BCUT2D eigenvalue weighted by atomic mass is 9.85. The van der Waals surface area contributed by atoms with Crippen molar-refractivity contribution in [2.75, 3.05) is 0 Å². The van der Waals surface area contributed by atoms with Crippen LogP contribution >= 0.6 is 0 Å². The molecule has 1 N–H and O–H groups in total. The number of carbonyl (C=O) groups is 1. The van der Waals surface area contributed by atoms with Gasteiger partial charge in [-0.3, -0.25) is 0 Å². The molecule has 2 aliphatic heterocycles. The molecule has 0 spiro atoms. The van der Waals surface area contributed by atoms with Crippen LogP contribution in [0.25, 0.3) is 11.0 Å². The van der Waals surface area contributed by atoms with Crippen LogP contribution in [0.15, 0.2) is 24.5 Å². The first kappa shape index (κ1) is 15.5. The zero-order valence-electron chi connectivity index (χ0n) is 14.6. The summed E-state index contributed by atoms with van der Waals surface area (Å²) in [6, 6.07) is 4.72. The molecule has 2 aromatic heterocycles. The fourth-order valence-electron chi connectivity index (χ4n) is 4.36. The molecular formula is C19H25N3O2. The summed E-state index contributed by atoms with van der Waals surface area (Å²) in [5.41, 5.74) is 1.86. The van der Waals surface area contributed by atoms with Gasteiger partial charge in [0.1, 0.15) is 11.2 Å². The second-order valence-corrected chi connectivity index (χ2v) is 8.08. The lowest BCUT2D eigenvalue weighted by Crippen LogP contribution is -2.48. The monoisotopic (exact) mass is 327 g/mol. The minimum absolute atomic E-state index is 0.144. The second-order valence-electron chi connectivity index (χ2n) is 8.08. The minimum Gasteiger partial charge on any atom is -0.444 e. The molecule has 0 aliphatic carbocycles. The van der Waals surface area contributed by atoms with Gasteiger partial charge in [-0.05, 0) is 70.1 Å². The van der Waals surface area contributed by atoms with Crippen molar-refractivity contribution in [2.24, 2.45) is 0 Å². The molecule has 4 rings (SSSR count). The van der Waals surface area contributed by atoms with Gasteiger partial charge < -0.3 is 14.6 Å². The number of carbonyl (C=O) groups excluding carboxylic acids is 1. The Morgan fingerprint density at radius 1 is 1.29 bits per heavy atom. The average Bonchev–Trinajstić information content (AvgIpc) is 3.05. The number of piperidine rings is 1. The summed E-state index contributed by atoms with van der Waals surface area (Å²) in [7, 11) is 0. The van der Waals surface area contributed by atoms with E-state index in [-0.39, 0.29) is 6.09 Å². The standard InChI is InChI=1S/C19H25N3O2/c1-19(2,3)24-18(23)22-13-6-7-14(22)10-12(9-13)16-11-21-17-15(16)5-4-8-20-17/h4-5,8,11-14H,6-7,9-10H2,1-3H3,(H,20,21). The Morgan fingerprint density at radius 2 is 2.00 bits per heavy atom. The van der Waals surface area contributed by atoms with Gasteiger partial charge in [-0.1, -0.05) is 0 Å². The largest absolute Gasteiger partial charge is 0.444 e. The van der Waals surface area contributed by atoms with Crippen LogP contribution in [0.3, 0.4) is 0 Å². The summed E-state index contributed by atoms with van der Waals surface area (Å²) in [5, 5.41) is 1.22. The molecule has 2 bridgehead atoms. The maximum atomic E-state index is 12.6. The van der Waals surface area contributed by atoms with E-state index in [0.717, 1.165) is 31.3 Å². The van der Waals surface area contributed by atoms with E-state index < -0.39 is 5.60 Å². The van der Waals surface area contributed by atoms with Crippen molar-refractivity contribution in [3.05, 3.63) is 30.1 Å². The summed E-state index contributed by atoms with van der Waals surface area (Å²) < 4.78 is 5.63. The first-order valence-electron chi connectivity index (χ1n) is 8.86. The minimum atomic E-state index is -0.435. The molecular weight excluding hydrogens is 302 g/mol. The molecule has 1 amide bonds. The fraction of sp³-hybridized carbons (Fsp3) is 0.579. The summed E-state index contributed by atoms with van der Waals surface area (Å²) in [5.74, 6) is 0.485. The molecule has 2 unspecified atom stereocenters. The number of hydrogen-bond acceptors (Lipinski definition) is 3. The third-order valence-electron chi connectivity index (χ3n) is 5.26. The van der Waals surface area contributed by atoms with E-state index in [2.05, 4.69) is 22.2 Å². The van der Waals surface area contributed by atoms with Crippen LogP contribution in [0.4, 0.5) is 4.79 Å². The fourth-order valence-corrected chi connectivity index (χ4v) is 4.36. The predicted molar refractivity (Wildman–Crippen MR) is 93.0 cm³/mol. The van der Waals surface area contributed by atoms with E-state index in [4.69, 9.17) is 4.74 Å². The molecule has 0 radical (unpaired) electrons. The van der Waals surface area contributed by atoms with Crippen molar-refractivity contribution in [1.82, 2.24) is 14.9 Å². The lowest BCUT2D eigenvalue weighted by Gasteiger charge is -2.39. The number of H-pyrrole nitrogens is 1. The van der Waals surface area contributed by atoms with Crippen molar-refractivity contribution in [1.29, 1.82) is 0 Å². The molecule has 5 nitrogen and oxygen atoms in total. The van der Waals surface area contributed by atoms with Gasteiger partial charge in [0.2, 0.25) is 0 Å². The van der Waals surface area contributed by atoms with Crippen molar-refractivity contribution < 1.29 is 9.53 Å². The van der Waals surface area contributed by atoms with Crippen LogP contribution in [0.1, 0.15) is 57.9 Å². The van der Waals surface area contributed by atoms with E-state index in [0.29, 0.717) is 18.0 Å². The zero-order chi connectivity index (χ0) is 16.9. The predicted octanol–water partition coefficient (Wildman–Crippen LogP) is 4.21. The third kappa shape index (κ3) is 2.66. The summed E-state index contributed by atoms with van der Waals surface area (Å²) in [4.78, 5) is 22.3. The normalized spacial score (nSPS) is 26.8. The van der Waals surface area contributed by atoms with Crippen LogP contribution in [-0.4, -0.2) is 38.6 Å². The van der Waals surface area contributed by atoms with Crippen LogP contribution in [0, 0.1) is 0 Å². The number of amides is 1. The van der Waals surface area contributed by atoms with Crippen molar-refractivity contribution >= 4 is 17.1 Å². The first-order valence-corrected chi connectivity index (χ1v) is 8.86. The van der Waals surface area contributed by atoms with Gasteiger partial charge in [-0.25, -0.2) is 9.78 Å². The highest BCUT2D eigenvalue weighted by molar-refractivity contribution is 5.80. The van der Waals surface area contributed by atoms with Crippen LogP contribution in [0.5, 0.6) is 0 Å². The highest BCUT2D eigenvalue weighted by Crippen LogP contribution is 2.44. The van der Waals surface area contributed by atoms with Gasteiger partial charge >= 0.3 is 6.09 Å². The maximum absolute atomic E-state index is 12.6. The lowest BCUT2D eigenvalue weighted by molar-refractivity contribution is 0.00590. The maximum Gasteiger partial charge on any atom is 0.410 e. The SMILES string of the molecule is CC(C)(C)OC(=O)N1C2CCC1CC(c1c[nH]c3ncccc13)C2. The highest BCUT2D eigenvalue weighted by Gasteiger charge is 2.45. The summed E-state index contributed by atoms with van der Waals surface area (Å²) in [6.45, 7) is 5.79. The number of nitrogens with zero attached hydrogens (tertiary/aromatic N) is 2. The molecule has 0 saturated carbocycles. The van der Waals surface area contributed by atoms with Crippen molar-refractivity contribution in [3.63, 3.8) is 0 Å². The summed E-state index contributed by atoms with van der Waals surface area (Å²) in [6.07, 6.45) is 7.97. The van der Waals surface area contributed by atoms with E-state index in [1.165, 1.54) is 10.9 Å². The third-order valence-corrected chi connectivity index (χ3v) is 5.26. The number of hydrogen-bond donors (Lipinski definition) is 1. The Labute approximate surface area is 142 Å². The van der Waals surface area contributed by atoms with Crippen molar-refractivity contribution in [2.45, 2.75) is 70.1 Å². The van der Waals surface area contributed by atoms with Gasteiger partial charge in [0.15, 0.2) is 0 Å². The average molecular weight is 327 g/mol.